The third kappa shape index (κ3) is 4.19. The second-order valence-electron chi connectivity index (χ2n) is 5.85. The van der Waals surface area contributed by atoms with Crippen molar-refractivity contribution in [2.45, 2.75) is 31.9 Å². The second-order valence-corrected chi connectivity index (χ2v) is 5.85. The van der Waals surface area contributed by atoms with Crippen LogP contribution < -0.4 is 10.1 Å². The number of rotatable bonds is 6. The fourth-order valence-electron chi connectivity index (χ4n) is 3.10. The molecule has 4 heteroatoms. The molecule has 0 spiro atoms. The van der Waals surface area contributed by atoms with Crippen LogP contribution in [-0.2, 0) is 4.74 Å². The molecule has 2 unspecified atom stereocenters. The predicted octanol–water partition coefficient (Wildman–Crippen LogP) is 2.37. The number of benzene rings is 1. The van der Waals surface area contributed by atoms with E-state index < -0.39 is 0 Å². The summed E-state index contributed by atoms with van der Waals surface area (Å²) in [7, 11) is 5.57. The first kappa shape index (κ1) is 16.3. The van der Waals surface area contributed by atoms with E-state index in [9.17, 15) is 0 Å². The first-order chi connectivity index (χ1) is 10.2. The van der Waals surface area contributed by atoms with Crippen LogP contribution in [0, 0.1) is 6.92 Å². The van der Waals surface area contributed by atoms with Gasteiger partial charge in [-0.05, 0) is 39.4 Å². The molecule has 0 aliphatic carbocycles. The highest BCUT2D eigenvalue weighted by Crippen LogP contribution is 2.27. The monoisotopic (exact) mass is 292 g/mol. The molecule has 0 amide bonds. The number of nitrogens with zero attached hydrogens (tertiary/aromatic N) is 1. The molecule has 0 radical (unpaired) electrons. The van der Waals surface area contributed by atoms with Crippen LogP contribution in [0.15, 0.2) is 18.2 Å². The van der Waals surface area contributed by atoms with Crippen LogP contribution in [0.5, 0.6) is 5.75 Å². The number of nitrogens with one attached hydrogen (secondary N) is 1. The SMILES string of the molecule is CNC(CN1CCCC(OC)C1)c1cc(C)ccc1OC. The van der Waals surface area contributed by atoms with Gasteiger partial charge in [-0.3, -0.25) is 4.90 Å². The lowest BCUT2D eigenvalue weighted by Crippen LogP contribution is -2.43. The maximum absolute atomic E-state index is 5.53. The fourth-order valence-corrected chi connectivity index (χ4v) is 3.10. The molecule has 1 saturated heterocycles. The van der Waals surface area contributed by atoms with Gasteiger partial charge in [0.25, 0.3) is 0 Å². The van der Waals surface area contributed by atoms with Crippen molar-refractivity contribution >= 4 is 0 Å². The zero-order valence-electron chi connectivity index (χ0n) is 13.7. The third-order valence-corrected chi connectivity index (χ3v) is 4.35. The lowest BCUT2D eigenvalue weighted by Gasteiger charge is -2.34. The molecule has 21 heavy (non-hydrogen) atoms. The van der Waals surface area contributed by atoms with Gasteiger partial charge in [0.05, 0.1) is 13.2 Å². The van der Waals surface area contributed by atoms with Gasteiger partial charge < -0.3 is 14.8 Å². The van der Waals surface area contributed by atoms with E-state index in [0.717, 1.165) is 25.4 Å². The Morgan fingerprint density at radius 2 is 2.19 bits per heavy atom. The van der Waals surface area contributed by atoms with E-state index >= 15 is 0 Å². The Kier molecular flexibility index (Phi) is 6.03. The van der Waals surface area contributed by atoms with Crippen LogP contribution in [0.25, 0.3) is 0 Å². The van der Waals surface area contributed by atoms with E-state index in [-0.39, 0.29) is 6.04 Å². The van der Waals surface area contributed by atoms with Crippen molar-refractivity contribution in [2.75, 3.05) is 40.9 Å². The minimum absolute atomic E-state index is 0.274. The Hall–Kier alpha value is -1.10. The lowest BCUT2D eigenvalue weighted by atomic mass is 10.0. The average molecular weight is 292 g/mol. The molecule has 1 N–H and O–H groups in total. The molecule has 2 atom stereocenters. The van der Waals surface area contributed by atoms with Crippen molar-refractivity contribution < 1.29 is 9.47 Å². The molecule has 4 nitrogen and oxygen atoms in total. The van der Waals surface area contributed by atoms with Gasteiger partial charge in [-0.15, -0.1) is 0 Å². The van der Waals surface area contributed by atoms with Crippen LogP contribution in [0.1, 0.15) is 30.0 Å². The fraction of sp³-hybridized carbons (Fsp3) is 0.647. The van der Waals surface area contributed by atoms with Crippen molar-refractivity contribution in [1.29, 1.82) is 0 Å². The maximum Gasteiger partial charge on any atom is 0.123 e. The minimum atomic E-state index is 0.274. The molecule has 118 valence electrons. The molecule has 0 bridgehead atoms. The number of likely N-dealkylation sites (tertiary alicyclic amines) is 1. The second kappa shape index (κ2) is 7.78. The highest BCUT2D eigenvalue weighted by Gasteiger charge is 2.23. The maximum atomic E-state index is 5.53. The molecule has 1 fully saturated rings. The van der Waals surface area contributed by atoms with E-state index in [4.69, 9.17) is 9.47 Å². The number of hydrogen-bond acceptors (Lipinski definition) is 4. The molecular weight excluding hydrogens is 264 g/mol. The Bertz CT molecular complexity index is 450. The van der Waals surface area contributed by atoms with Crippen molar-refractivity contribution in [1.82, 2.24) is 10.2 Å². The quantitative estimate of drug-likeness (QED) is 0.873. The largest absolute Gasteiger partial charge is 0.496 e. The summed E-state index contributed by atoms with van der Waals surface area (Å²) in [6, 6.07) is 6.65. The molecule has 0 aromatic heterocycles. The number of piperidine rings is 1. The lowest BCUT2D eigenvalue weighted by molar-refractivity contribution is 0.0282. The normalized spacial score (nSPS) is 21.2. The molecule has 0 saturated carbocycles. The zero-order valence-corrected chi connectivity index (χ0v) is 13.7. The first-order valence-corrected chi connectivity index (χ1v) is 7.75. The summed E-state index contributed by atoms with van der Waals surface area (Å²) in [5, 5.41) is 3.44. The molecule has 1 aromatic rings. The molecule has 1 aliphatic heterocycles. The highest BCUT2D eigenvalue weighted by molar-refractivity contribution is 5.39. The summed E-state index contributed by atoms with van der Waals surface area (Å²) in [4.78, 5) is 2.49. The Morgan fingerprint density at radius 1 is 1.38 bits per heavy atom. The van der Waals surface area contributed by atoms with Gasteiger partial charge in [0.1, 0.15) is 5.75 Å². The summed E-state index contributed by atoms with van der Waals surface area (Å²) in [6.07, 6.45) is 2.75. The van der Waals surface area contributed by atoms with E-state index in [1.807, 2.05) is 14.2 Å². The van der Waals surface area contributed by atoms with E-state index in [0.29, 0.717) is 6.10 Å². The van der Waals surface area contributed by atoms with Gasteiger partial charge in [0.2, 0.25) is 0 Å². The standard InChI is InChI=1S/C17H28N2O2/c1-13-7-8-17(21-4)15(10-13)16(18-2)12-19-9-5-6-14(11-19)20-3/h7-8,10,14,16,18H,5-6,9,11-12H2,1-4H3. The Morgan fingerprint density at radius 3 is 2.86 bits per heavy atom. The molecule has 1 aromatic carbocycles. The summed E-state index contributed by atoms with van der Waals surface area (Å²) in [5.74, 6) is 0.959. The van der Waals surface area contributed by atoms with Gasteiger partial charge in [-0.2, -0.15) is 0 Å². The number of likely N-dealkylation sites (N-methyl/N-ethyl adjacent to an activating group) is 1. The molecule has 1 heterocycles. The number of methoxy groups -OCH3 is 2. The minimum Gasteiger partial charge on any atom is -0.496 e. The number of ether oxygens (including phenoxy) is 2. The zero-order chi connectivity index (χ0) is 15.2. The van der Waals surface area contributed by atoms with Crippen LogP contribution in [-0.4, -0.2) is 51.9 Å². The van der Waals surface area contributed by atoms with Crippen molar-refractivity contribution in [2.24, 2.45) is 0 Å². The van der Waals surface area contributed by atoms with Crippen molar-refractivity contribution in [3.8, 4) is 5.75 Å². The van der Waals surface area contributed by atoms with Crippen LogP contribution in [0.2, 0.25) is 0 Å². The number of aryl methyl sites for hydroxylation is 1. The summed E-state index contributed by atoms with van der Waals surface area (Å²) in [5.41, 5.74) is 2.50. The highest BCUT2D eigenvalue weighted by atomic mass is 16.5. The van der Waals surface area contributed by atoms with Crippen molar-refractivity contribution in [3.05, 3.63) is 29.3 Å². The average Bonchev–Trinajstić information content (AvgIpc) is 2.52. The van der Waals surface area contributed by atoms with Gasteiger partial charge in [0.15, 0.2) is 0 Å². The smallest absolute Gasteiger partial charge is 0.123 e. The van der Waals surface area contributed by atoms with Gasteiger partial charge in [-0.25, -0.2) is 0 Å². The van der Waals surface area contributed by atoms with E-state index in [2.05, 4.69) is 35.3 Å². The Balaban J connectivity index is 2.10. The Labute approximate surface area is 128 Å². The van der Waals surface area contributed by atoms with E-state index in [1.165, 1.54) is 24.0 Å². The topological polar surface area (TPSA) is 33.7 Å². The van der Waals surface area contributed by atoms with Crippen LogP contribution in [0.3, 0.4) is 0 Å². The predicted molar refractivity (Wildman–Crippen MR) is 86.0 cm³/mol. The summed E-state index contributed by atoms with van der Waals surface area (Å²) >= 11 is 0. The molecule has 2 rings (SSSR count). The molecule has 1 aliphatic rings. The number of hydrogen-bond donors (Lipinski definition) is 1. The van der Waals surface area contributed by atoms with Crippen LogP contribution >= 0.6 is 0 Å². The summed E-state index contributed by atoms with van der Waals surface area (Å²) < 4.78 is 11.1. The van der Waals surface area contributed by atoms with E-state index in [1.54, 1.807) is 7.11 Å². The van der Waals surface area contributed by atoms with Crippen molar-refractivity contribution in [3.63, 3.8) is 0 Å². The van der Waals surface area contributed by atoms with Gasteiger partial charge in [-0.1, -0.05) is 17.7 Å². The van der Waals surface area contributed by atoms with Crippen LogP contribution in [0.4, 0.5) is 0 Å². The van der Waals surface area contributed by atoms with Gasteiger partial charge in [0, 0.05) is 31.8 Å². The third-order valence-electron chi connectivity index (χ3n) is 4.35. The molecular formula is C17H28N2O2. The summed E-state index contributed by atoms with van der Waals surface area (Å²) in [6.45, 7) is 5.27. The van der Waals surface area contributed by atoms with Gasteiger partial charge >= 0.3 is 0 Å². The first-order valence-electron chi connectivity index (χ1n) is 7.75.